The Hall–Kier alpha value is -2.62. The second kappa shape index (κ2) is 5.57. The number of rotatable bonds is 3. The van der Waals surface area contributed by atoms with Crippen LogP contribution in [0.3, 0.4) is 0 Å². The first-order valence-electron chi connectivity index (χ1n) is 6.25. The summed E-state index contributed by atoms with van der Waals surface area (Å²) in [5.74, 6) is -0.597. The number of carbonyl (C=O) groups excluding carboxylic acids is 1. The molecule has 2 rings (SSSR count). The Morgan fingerprint density at radius 1 is 1.55 bits per heavy atom. The third-order valence-corrected chi connectivity index (χ3v) is 3.48. The quantitative estimate of drug-likeness (QED) is 0.656. The molecular weight excluding hydrogens is 260 g/mol. The molecule has 7 nitrogen and oxygen atoms in total. The van der Waals surface area contributed by atoms with E-state index >= 15 is 0 Å². The van der Waals surface area contributed by atoms with Crippen LogP contribution in [-0.2, 0) is 4.79 Å². The summed E-state index contributed by atoms with van der Waals surface area (Å²) in [6.45, 7) is 1.15. The molecule has 1 fully saturated rings. The third-order valence-electron chi connectivity index (χ3n) is 3.48. The third kappa shape index (κ3) is 2.69. The standard InChI is InChI=1S/C13H14N4O3/c14-7-10-6-11(17(19)20)3-4-12(10)16-5-1-2-9(8-16)13(15)18/h3-4,6,9H,1-2,5,8H2,(H2,15,18)/t9-/m1/s1. The molecule has 0 saturated carbocycles. The van der Waals surface area contributed by atoms with Crippen LogP contribution in [0.5, 0.6) is 0 Å². The van der Waals surface area contributed by atoms with Gasteiger partial charge in [-0.05, 0) is 18.9 Å². The van der Waals surface area contributed by atoms with E-state index in [9.17, 15) is 14.9 Å². The second-order valence-electron chi connectivity index (χ2n) is 4.76. The van der Waals surface area contributed by atoms with Gasteiger partial charge >= 0.3 is 0 Å². The van der Waals surface area contributed by atoms with Gasteiger partial charge in [-0.15, -0.1) is 0 Å². The van der Waals surface area contributed by atoms with Crippen molar-refractivity contribution in [2.45, 2.75) is 12.8 Å². The fraction of sp³-hybridized carbons (Fsp3) is 0.385. The molecule has 1 amide bonds. The summed E-state index contributed by atoms with van der Waals surface area (Å²) in [6, 6.07) is 6.14. The van der Waals surface area contributed by atoms with Gasteiger partial charge in [-0.1, -0.05) is 0 Å². The highest BCUT2D eigenvalue weighted by Crippen LogP contribution is 2.28. The first-order chi connectivity index (χ1) is 9.52. The maximum absolute atomic E-state index is 11.3. The van der Waals surface area contributed by atoms with Crippen LogP contribution >= 0.6 is 0 Å². The van der Waals surface area contributed by atoms with Crippen LogP contribution in [0.1, 0.15) is 18.4 Å². The molecule has 1 saturated heterocycles. The van der Waals surface area contributed by atoms with Crippen LogP contribution in [0.2, 0.25) is 0 Å². The van der Waals surface area contributed by atoms with Gasteiger partial charge in [0.05, 0.1) is 22.1 Å². The molecule has 2 N–H and O–H groups in total. The molecule has 0 aliphatic carbocycles. The minimum atomic E-state index is -0.535. The highest BCUT2D eigenvalue weighted by atomic mass is 16.6. The van der Waals surface area contributed by atoms with E-state index in [1.54, 1.807) is 6.07 Å². The number of hydrogen-bond donors (Lipinski definition) is 1. The van der Waals surface area contributed by atoms with Gasteiger partial charge in [0.15, 0.2) is 0 Å². The summed E-state index contributed by atoms with van der Waals surface area (Å²) < 4.78 is 0. The van der Waals surface area contributed by atoms with Crippen molar-refractivity contribution in [3.63, 3.8) is 0 Å². The number of hydrogen-bond acceptors (Lipinski definition) is 5. The number of nitrogens with two attached hydrogens (primary N) is 1. The Morgan fingerprint density at radius 3 is 2.90 bits per heavy atom. The largest absolute Gasteiger partial charge is 0.370 e. The minimum absolute atomic E-state index is 0.117. The number of carbonyl (C=O) groups is 1. The number of nitrogens with zero attached hydrogens (tertiary/aromatic N) is 3. The van der Waals surface area contributed by atoms with Crippen LogP contribution in [0.4, 0.5) is 11.4 Å². The van der Waals surface area contributed by atoms with Gasteiger partial charge < -0.3 is 10.6 Å². The number of benzene rings is 1. The fourth-order valence-electron chi connectivity index (χ4n) is 2.43. The highest BCUT2D eigenvalue weighted by molar-refractivity contribution is 5.78. The molecule has 1 atom stereocenters. The lowest BCUT2D eigenvalue weighted by Gasteiger charge is -2.33. The average Bonchev–Trinajstić information content (AvgIpc) is 2.46. The lowest BCUT2D eigenvalue weighted by molar-refractivity contribution is -0.384. The van der Waals surface area contributed by atoms with Gasteiger partial charge in [0.25, 0.3) is 5.69 Å². The maximum atomic E-state index is 11.3. The van der Waals surface area contributed by atoms with Crippen molar-refractivity contribution in [1.82, 2.24) is 0 Å². The van der Waals surface area contributed by atoms with E-state index < -0.39 is 4.92 Å². The highest BCUT2D eigenvalue weighted by Gasteiger charge is 2.26. The number of amides is 1. The van der Waals surface area contributed by atoms with E-state index in [0.717, 1.165) is 12.8 Å². The fourth-order valence-corrected chi connectivity index (χ4v) is 2.43. The molecule has 1 heterocycles. The Bertz CT molecular complexity index is 594. The van der Waals surface area contributed by atoms with E-state index in [4.69, 9.17) is 11.0 Å². The van der Waals surface area contributed by atoms with E-state index in [1.165, 1.54) is 12.1 Å². The summed E-state index contributed by atoms with van der Waals surface area (Å²) in [7, 11) is 0. The molecule has 7 heteroatoms. The normalized spacial score (nSPS) is 18.4. The van der Waals surface area contributed by atoms with Crippen molar-refractivity contribution >= 4 is 17.3 Å². The first kappa shape index (κ1) is 13.8. The molecule has 0 aromatic heterocycles. The lowest BCUT2D eigenvalue weighted by atomic mass is 9.96. The van der Waals surface area contributed by atoms with Gasteiger partial charge in [0, 0.05) is 25.2 Å². The molecular formula is C13H14N4O3. The molecule has 1 aromatic carbocycles. The molecule has 0 radical (unpaired) electrons. The summed E-state index contributed by atoms with van der Waals surface area (Å²) in [4.78, 5) is 23.3. The zero-order valence-electron chi connectivity index (χ0n) is 10.8. The van der Waals surface area contributed by atoms with Crippen molar-refractivity contribution in [3.8, 4) is 6.07 Å². The van der Waals surface area contributed by atoms with Gasteiger partial charge in [-0.3, -0.25) is 14.9 Å². The van der Waals surface area contributed by atoms with Crippen LogP contribution in [-0.4, -0.2) is 23.9 Å². The predicted octanol–water partition coefficient (Wildman–Crippen LogP) is 1.17. The lowest BCUT2D eigenvalue weighted by Crippen LogP contribution is -2.41. The summed E-state index contributed by atoms with van der Waals surface area (Å²) in [6.07, 6.45) is 1.54. The number of piperidine rings is 1. The van der Waals surface area contributed by atoms with E-state index in [-0.39, 0.29) is 23.1 Å². The van der Waals surface area contributed by atoms with Gasteiger partial charge in [0.2, 0.25) is 5.91 Å². The van der Waals surface area contributed by atoms with Crippen molar-refractivity contribution in [1.29, 1.82) is 5.26 Å². The number of nitro groups is 1. The van der Waals surface area contributed by atoms with Crippen LogP contribution in [0.25, 0.3) is 0 Å². The number of nitro benzene ring substituents is 1. The Morgan fingerprint density at radius 2 is 2.30 bits per heavy atom. The molecule has 0 spiro atoms. The predicted molar refractivity (Wildman–Crippen MR) is 71.9 cm³/mol. The Kier molecular flexibility index (Phi) is 3.84. The molecule has 1 aromatic rings. The van der Waals surface area contributed by atoms with E-state index in [1.807, 2.05) is 11.0 Å². The van der Waals surface area contributed by atoms with E-state index in [2.05, 4.69) is 0 Å². The van der Waals surface area contributed by atoms with Crippen LogP contribution in [0.15, 0.2) is 18.2 Å². The van der Waals surface area contributed by atoms with Crippen LogP contribution in [0, 0.1) is 27.4 Å². The minimum Gasteiger partial charge on any atom is -0.370 e. The zero-order valence-corrected chi connectivity index (χ0v) is 10.8. The smallest absolute Gasteiger partial charge is 0.270 e. The van der Waals surface area contributed by atoms with Crippen molar-refractivity contribution in [3.05, 3.63) is 33.9 Å². The topological polar surface area (TPSA) is 113 Å². The molecule has 0 unspecified atom stereocenters. The van der Waals surface area contributed by atoms with Crippen LogP contribution < -0.4 is 10.6 Å². The number of anilines is 1. The molecule has 0 bridgehead atoms. The Balaban J connectivity index is 2.30. The van der Waals surface area contributed by atoms with Gasteiger partial charge in [0.1, 0.15) is 6.07 Å². The number of non-ortho nitro benzene ring substituents is 1. The molecule has 20 heavy (non-hydrogen) atoms. The average molecular weight is 274 g/mol. The molecule has 1 aliphatic heterocycles. The van der Waals surface area contributed by atoms with Crippen molar-refractivity contribution in [2.24, 2.45) is 11.7 Å². The number of nitriles is 1. The summed E-state index contributed by atoms with van der Waals surface area (Å²) in [5, 5.41) is 19.9. The zero-order chi connectivity index (χ0) is 14.7. The maximum Gasteiger partial charge on any atom is 0.270 e. The van der Waals surface area contributed by atoms with Crippen molar-refractivity contribution in [2.75, 3.05) is 18.0 Å². The molecule has 104 valence electrons. The summed E-state index contributed by atoms with van der Waals surface area (Å²) >= 11 is 0. The second-order valence-corrected chi connectivity index (χ2v) is 4.76. The van der Waals surface area contributed by atoms with Gasteiger partial charge in [-0.2, -0.15) is 5.26 Å². The SMILES string of the molecule is N#Cc1cc([N+](=O)[O-])ccc1N1CCC[C@@H](C(N)=O)C1. The van der Waals surface area contributed by atoms with E-state index in [0.29, 0.717) is 18.8 Å². The van der Waals surface area contributed by atoms with Gasteiger partial charge in [-0.25, -0.2) is 0 Å². The van der Waals surface area contributed by atoms with Crippen molar-refractivity contribution < 1.29 is 9.72 Å². The first-order valence-corrected chi connectivity index (χ1v) is 6.25. The monoisotopic (exact) mass is 274 g/mol. The molecule has 1 aliphatic rings. The Labute approximate surface area is 115 Å². The summed E-state index contributed by atoms with van der Waals surface area (Å²) in [5.41, 5.74) is 6.06. The number of primary amides is 1.